The molecule has 1 aromatic rings. The van der Waals surface area contributed by atoms with Crippen molar-refractivity contribution in [3.8, 4) is 0 Å². The number of amides is 1. The average Bonchev–Trinajstić information content (AvgIpc) is 2.70. The summed E-state index contributed by atoms with van der Waals surface area (Å²) in [4.78, 5) is 26.9. The Bertz CT molecular complexity index is 847. The van der Waals surface area contributed by atoms with Crippen molar-refractivity contribution in [2.24, 2.45) is 17.3 Å². The highest BCUT2D eigenvalue weighted by molar-refractivity contribution is 5.82. The number of aliphatic hydroxyl groups is 1. The van der Waals surface area contributed by atoms with Crippen molar-refractivity contribution >= 4 is 17.4 Å². The summed E-state index contributed by atoms with van der Waals surface area (Å²) < 4.78 is 5.41. The summed E-state index contributed by atoms with van der Waals surface area (Å²) in [7, 11) is 0. The number of hydrogen-bond acceptors (Lipinski definition) is 4. The van der Waals surface area contributed by atoms with Crippen molar-refractivity contribution in [2.75, 3.05) is 19.7 Å². The lowest BCUT2D eigenvalue weighted by molar-refractivity contribution is -0.178. The summed E-state index contributed by atoms with van der Waals surface area (Å²) >= 11 is 0. The molecule has 4 aliphatic carbocycles. The van der Waals surface area contributed by atoms with E-state index in [1.165, 1.54) is 17.6 Å². The van der Waals surface area contributed by atoms with Gasteiger partial charge in [-0.25, -0.2) is 0 Å². The van der Waals surface area contributed by atoms with Gasteiger partial charge in [0.15, 0.2) is 6.61 Å². The van der Waals surface area contributed by atoms with E-state index in [0.717, 1.165) is 38.5 Å². The fourth-order valence-electron chi connectivity index (χ4n) is 7.01. The Morgan fingerprint density at radius 1 is 1.10 bits per heavy atom. The zero-order valence-electron chi connectivity index (χ0n) is 17.5. The molecule has 1 aliphatic heterocycles. The fourth-order valence-corrected chi connectivity index (χ4v) is 7.01. The van der Waals surface area contributed by atoms with Gasteiger partial charge in [-0.3, -0.25) is 9.59 Å². The molecule has 1 aromatic carbocycles. The van der Waals surface area contributed by atoms with E-state index in [9.17, 15) is 14.7 Å². The second kappa shape index (κ2) is 7.52. The largest absolute Gasteiger partial charge is 0.456 e. The smallest absolute Gasteiger partial charge is 0.306 e. The maximum absolute atomic E-state index is 12.6. The van der Waals surface area contributed by atoms with Gasteiger partial charge in [-0.15, -0.1) is 0 Å². The predicted octanol–water partition coefficient (Wildman–Crippen LogP) is 3.57. The van der Waals surface area contributed by atoms with Crippen LogP contribution in [0.3, 0.4) is 0 Å². The monoisotopic (exact) mass is 409 g/mol. The van der Waals surface area contributed by atoms with Crippen LogP contribution in [-0.2, 0) is 14.3 Å². The first kappa shape index (κ1) is 19.8. The molecule has 1 amide bonds. The molecule has 6 rings (SSSR count). The molecule has 4 bridgehead atoms. The Hall–Kier alpha value is -2.14. The van der Waals surface area contributed by atoms with Crippen molar-refractivity contribution in [1.82, 2.24) is 4.90 Å². The fraction of sp³-hybridized carbons (Fsp3) is 0.600. The molecule has 1 heterocycles. The molecule has 2 unspecified atom stereocenters. The normalized spacial score (nSPS) is 34.6. The Morgan fingerprint density at radius 3 is 2.47 bits per heavy atom. The van der Waals surface area contributed by atoms with Crippen LogP contribution < -0.4 is 0 Å². The first-order valence-corrected chi connectivity index (χ1v) is 11.3. The molecule has 160 valence electrons. The van der Waals surface area contributed by atoms with Crippen LogP contribution in [0, 0.1) is 17.3 Å². The molecular formula is C25H31NO4. The molecule has 4 fully saturated rings. The second-order valence-electron chi connectivity index (χ2n) is 10.2. The lowest BCUT2D eigenvalue weighted by atomic mass is 9.47. The standard InChI is InChI=1S/C25H31NO4/c27-22(26-8-6-21(7-9-26)20-4-2-1-3-5-20)16-30-23(28)15-24-11-18-10-19(12-24)14-25(29,13-18)17-24/h1-6,18-19,29H,7-17H2/t18-,19+,24?,25?. The van der Waals surface area contributed by atoms with Gasteiger partial charge in [-0.05, 0) is 73.3 Å². The maximum Gasteiger partial charge on any atom is 0.306 e. The third kappa shape index (κ3) is 3.92. The number of nitrogens with zero attached hydrogens (tertiary/aromatic N) is 1. The molecule has 0 aromatic heterocycles. The van der Waals surface area contributed by atoms with Crippen molar-refractivity contribution in [3.05, 3.63) is 42.0 Å². The Kier molecular flexibility index (Phi) is 4.97. The number of benzene rings is 1. The minimum atomic E-state index is -0.573. The summed E-state index contributed by atoms with van der Waals surface area (Å²) in [6.07, 6.45) is 9.00. The zero-order valence-corrected chi connectivity index (χ0v) is 17.5. The Morgan fingerprint density at radius 2 is 1.83 bits per heavy atom. The SMILES string of the molecule is O=C(CC12C[C@@H]3C[C@@H](CC(O)(C3)C1)C2)OCC(=O)N1CC=C(c2ccccc2)CC1. The number of carbonyl (C=O) groups is 2. The van der Waals surface area contributed by atoms with Crippen molar-refractivity contribution < 1.29 is 19.4 Å². The van der Waals surface area contributed by atoms with Crippen LogP contribution in [0.5, 0.6) is 0 Å². The number of carbonyl (C=O) groups excluding carboxylic acids is 2. The van der Waals surface area contributed by atoms with Crippen LogP contribution in [0.1, 0.15) is 56.9 Å². The van der Waals surface area contributed by atoms with E-state index >= 15 is 0 Å². The second-order valence-corrected chi connectivity index (χ2v) is 10.2. The molecule has 30 heavy (non-hydrogen) atoms. The number of rotatable bonds is 5. The molecule has 1 N–H and O–H groups in total. The van der Waals surface area contributed by atoms with Crippen LogP contribution in [0.15, 0.2) is 36.4 Å². The third-order valence-electron chi connectivity index (χ3n) is 7.73. The lowest BCUT2D eigenvalue weighted by Crippen LogP contribution is -2.56. The predicted molar refractivity (Wildman–Crippen MR) is 113 cm³/mol. The van der Waals surface area contributed by atoms with E-state index in [1.54, 1.807) is 4.90 Å². The number of ether oxygens (including phenoxy) is 1. The molecule has 4 saturated carbocycles. The summed E-state index contributed by atoms with van der Waals surface area (Å²) in [5, 5.41) is 10.9. The van der Waals surface area contributed by atoms with Gasteiger partial charge < -0.3 is 14.7 Å². The molecule has 5 nitrogen and oxygen atoms in total. The van der Waals surface area contributed by atoms with Gasteiger partial charge in [0.1, 0.15) is 0 Å². The van der Waals surface area contributed by atoms with Crippen LogP contribution in [0.4, 0.5) is 0 Å². The maximum atomic E-state index is 12.6. The van der Waals surface area contributed by atoms with Crippen molar-refractivity contribution in [3.63, 3.8) is 0 Å². The quantitative estimate of drug-likeness (QED) is 0.755. The molecular weight excluding hydrogens is 378 g/mol. The first-order valence-electron chi connectivity index (χ1n) is 11.3. The zero-order chi connectivity index (χ0) is 20.8. The van der Waals surface area contributed by atoms with Gasteiger partial charge in [0, 0.05) is 13.1 Å². The summed E-state index contributed by atoms with van der Waals surface area (Å²) in [5.74, 6) is 0.677. The van der Waals surface area contributed by atoms with Crippen LogP contribution in [-0.4, -0.2) is 47.2 Å². The van der Waals surface area contributed by atoms with Crippen molar-refractivity contribution in [2.45, 2.75) is 57.0 Å². The molecule has 0 radical (unpaired) electrons. The number of hydrogen-bond donors (Lipinski definition) is 1. The first-order chi connectivity index (χ1) is 14.4. The van der Waals surface area contributed by atoms with Crippen molar-refractivity contribution in [1.29, 1.82) is 0 Å². The molecule has 0 saturated heterocycles. The van der Waals surface area contributed by atoms with Gasteiger partial charge in [0.2, 0.25) is 0 Å². The minimum Gasteiger partial charge on any atom is -0.456 e. The van der Waals surface area contributed by atoms with Gasteiger partial charge in [-0.2, -0.15) is 0 Å². The molecule has 5 aliphatic rings. The van der Waals surface area contributed by atoms with Gasteiger partial charge in [0.25, 0.3) is 5.91 Å². The summed E-state index contributed by atoms with van der Waals surface area (Å²) in [6.45, 7) is 1.03. The van der Waals surface area contributed by atoms with E-state index in [4.69, 9.17) is 4.74 Å². The molecule has 5 heteroatoms. The molecule has 4 atom stereocenters. The van der Waals surface area contributed by atoms with E-state index in [2.05, 4.69) is 18.2 Å². The van der Waals surface area contributed by atoms with Crippen LogP contribution >= 0.6 is 0 Å². The van der Waals surface area contributed by atoms with Gasteiger partial charge >= 0.3 is 5.97 Å². The van der Waals surface area contributed by atoms with Crippen LogP contribution in [0.2, 0.25) is 0 Å². The van der Waals surface area contributed by atoms with Crippen LogP contribution in [0.25, 0.3) is 5.57 Å². The third-order valence-corrected chi connectivity index (χ3v) is 7.73. The minimum absolute atomic E-state index is 0.114. The highest BCUT2D eigenvalue weighted by atomic mass is 16.5. The molecule has 0 spiro atoms. The van der Waals surface area contributed by atoms with E-state index < -0.39 is 5.60 Å². The van der Waals surface area contributed by atoms with E-state index in [-0.39, 0.29) is 23.9 Å². The topological polar surface area (TPSA) is 66.8 Å². The lowest BCUT2D eigenvalue weighted by Gasteiger charge is -2.60. The van der Waals surface area contributed by atoms with E-state index in [0.29, 0.717) is 31.3 Å². The van der Waals surface area contributed by atoms with Gasteiger partial charge in [-0.1, -0.05) is 36.4 Å². The summed E-state index contributed by atoms with van der Waals surface area (Å²) in [6, 6.07) is 10.2. The average molecular weight is 410 g/mol. The van der Waals surface area contributed by atoms with Gasteiger partial charge in [0.05, 0.1) is 12.0 Å². The van der Waals surface area contributed by atoms with E-state index in [1.807, 2.05) is 18.2 Å². The highest BCUT2D eigenvalue weighted by Crippen LogP contribution is 2.62. The Labute approximate surface area is 178 Å². The Balaban J connectivity index is 1.12. The summed E-state index contributed by atoms with van der Waals surface area (Å²) in [5.41, 5.74) is 1.78. The highest BCUT2D eigenvalue weighted by Gasteiger charge is 2.57. The number of esters is 1.